The molecule has 4 heteroatoms. The molecule has 0 aromatic rings. The first kappa shape index (κ1) is 15.4. The highest BCUT2D eigenvalue weighted by Crippen LogP contribution is 2.15. The van der Waals surface area contributed by atoms with Crippen molar-refractivity contribution in [1.29, 1.82) is 0 Å². The molecule has 1 rings (SSSR count). The monoisotopic (exact) mass is 256 g/mol. The Morgan fingerprint density at radius 3 is 2.61 bits per heavy atom. The highest BCUT2D eigenvalue weighted by molar-refractivity contribution is 5.75. The lowest BCUT2D eigenvalue weighted by molar-refractivity contribution is -0.150. The highest BCUT2D eigenvalue weighted by atomic mass is 16.5. The number of carbonyl (C=O) groups excluding carboxylic acids is 1. The van der Waals surface area contributed by atoms with E-state index in [1.165, 1.54) is 12.8 Å². The fourth-order valence-corrected chi connectivity index (χ4v) is 2.64. The summed E-state index contributed by atoms with van der Waals surface area (Å²) in [6.45, 7) is 10.7. The zero-order chi connectivity index (χ0) is 13.5. The molecule has 0 radical (unpaired) electrons. The summed E-state index contributed by atoms with van der Waals surface area (Å²) in [6, 6.07) is 0.782. The van der Waals surface area contributed by atoms with E-state index in [4.69, 9.17) is 4.74 Å². The van der Waals surface area contributed by atoms with Gasteiger partial charge in [0.1, 0.15) is 6.04 Å². The van der Waals surface area contributed by atoms with Crippen molar-refractivity contribution in [3.63, 3.8) is 0 Å². The molecule has 0 aromatic heterocycles. The molecule has 0 aromatic carbocycles. The zero-order valence-electron chi connectivity index (χ0n) is 12.2. The number of rotatable bonds is 7. The maximum Gasteiger partial charge on any atom is 0.323 e. The third-order valence-corrected chi connectivity index (χ3v) is 3.60. The summed E-state index contributed by atoms with van der Waals surface area (Å²) in [4.78, 5) is 14.3. The van der Waals surface area contributed by atoms with Gasteiger partial charge in [0.15, 0.2) is 0 Å². The summed E-state index contributed by atoms with van der Waals surface area (Å²) in [5, 5.41) is 3.50. The minimum Gasteiger partial charge on any atom is -0.465 e. The van der Waals surface area contributed by atoms with Gasteiger partial charge in [-0.05, 0) is 46.6 Å². The van der Waals surface area contributed by atoms with Gasteiger partial charge in [-0.3, -0.25) is 9.69 Å². The van der Waals surface area contributed by atoms with E-state index in [9.17, 15) is 4.79 Å². The van der Waals surface area contributed by atoms with Gasteiger partial charge in [0, 0.05) is 18.6 Å². The summed E-state index contributed by atoms with van der Waals surface area (Å²) in [6.07, 6.45) is 3.26. The van der Waals surface area contributed by atoms with Crippen molar-refractivity contribution in [3.8, 4) is 0 Å². The summed E-state index contributed by atoms with van der Waals surface area (Å²) in [7, 11) is 0. The van der Waals surface area contributed by atoms with Crippen molar-refractivity contribution in [3.05, 3.63) is 0 Å². The average Bonchev–Trinajstić information content (AvgIpc) is 2.81. The van der Waals surface area contributed by atoms with E-state index in [2.05, 4.69) is 31.0 Å². The lowest BCUT2D eigenvalue weighted by Crippen LogP contribution is -2.50. The van der Waals surface area contributed by atoms with Gasteiger partial charge in [0.05, 0.1) is 6.61 Å². The van der Waals surface area contributed by atoms with Gasteiger partial charge < -0.3 is 10.1 Å². The highest BCUT2D eigenvalue weighted by Gasteiger charge is 2.30. The Morgan fingerprint density at radius 2 is 2.17 bits per heavy atom. The predicted octanol–water partition coefficient (Wildman–Crippen LogP) is 1.79. The molecule has 0 spiro atoms. The second-order valence-corrected chi connectivity index (χ2v) is 5.26. The molecule has 4 nitrogen and oxygen atoms in total. The SMILES string of the molecule is CCOC(=O)C(CC)N(CC1CCCN1)C(C)C. The van der Waals surface area contributed by atoms with E-state index in [1.807, 2.05) is 6.92 Å². The van der Waals surface area contributed by atoms with E-state index < -0.39 is 0 Å². The van der Waals surface area contributed by atoms with Gasteiger partial charge >= 0.3 is 5.97 Å². The van der Waals surface area contributed by atoms with Crippen LogP contribution in [0.2, 0.25) is 0 Å². The van der Waals surface area contributed by atoms with Crippen LogP contribution in [-0.2, 0) is 9.53 Å². The Hall–Kier alpha value is -0.610. The molecule has 2 unspecified atom stereocenters. The Balaban J connectivity index is 2.64. The normalized spacial score (nSPS) is 21.6. The largest absolute Gasteiger partial charge is 0.465 e. The van der Waals surface area contributed by atoms with Crippen LogP contribution in [0, 0.1) is 0 Å². The van der Waals surface area contributed by atoms with Gasteiger partial charge in [0.25, 0.3) is 0 Å². The standard InChI is InChI=1S/C14H28N2O2/c1-5-13(14(17)18-6-2)16(11(3)4)10-12-8-7-9-15-12/h11-13,15H,5-10H2,1-4H3. The maximum atomic E-state index is 12.0. The van der Waals surface area contributed by atoms with Crippen molar-refractivity contribution in [2.45, 2.75) is 65.1 Å². The van der Waals surface area contributed by atoms with Gasteiger partial charge in [0.2, 0.25) is 0 Å². The lowest BCUT2D eigenvalue weighted by atomic mass is 10.1. The molecule has 0 amide bonds. The first-order valence-corrected chi connectivity index (χ1v) is 7.25. The number of ether oxygens (including phenoxy) is 1. The van der Waals surface area contributed by atoms with Gasteiger partial charge in [-0.25, -0.2) is 0 Å². The molecule has 0 saturated carbocycles. The number of esters is 1. The van der Waals surface area contributed by atoms with Crippen molar-refractivity contribution in [1.82, 2.24) is 10.2 Å². The molecule has 106 valence electrons. The number of carbonyl (C=O) groups is 1. The van der Waals surface area contributed by atoms with Crippen molar-refractivity contribution >= 4 is 5.97 Å². The van der Waals surface area contributed by atoms with Crippen LogP contribution in [0.25, 0.3) is 0 Å². The minimum atomic E-state index is -0.104. The fourth-order valence-electron chi connectivity index (χ4n) is 2.64. The smallest absolute Gasteiger partial charge is 0.323 e. The van der Waals surface area contributed by atoms with Crippen LogP contribution in [0.5, 0.6) is 0 Å². The maximum absolute atomic E-state index is 12.0. The molecule has 1 aliphatic rings. The molecule has 0 aliphatic carbocycles. The quantitative estimate of drug-likeness (QED) is 0.705. The minimum absolute atomic E-state index is 0.0771. The molecule has 1 heterocycles. The molecular formula is C14H28N2O2. The summed E-state index contributed by atoms with van der Waals surface area (Å²) in [5.41, 5.74) is 0. The van der Waals surface area contributed by atoms with Crippen LogP contribution in [0.1, 0.15) is 47.0 Å². The van der Waals surface area contributed by atoms with Gasteiger partial charge in [-0.1, -0.05) is 6.92 Å². The third-order valence-electron chi connectivity index (χ3n) is 3.60. The Bertz CT molecular complexity index is 250. The van der Waals surface area contributed by atoms with Crippen LogP contribution in [-0.4, -0.2) is 48.7 Å². The van der Waals surface area contributed by atoms with E-state index >= 15 is 0 Å². The van der Waals surface area contributed by atoms with E-state index in [1.54, 1.807) is 0 Å². The Morgan fingerprint density at radius 1 is 1.44 bits per heavy atom. The van der Waals surface area contributed by atoms with Crippen LogP contribution in [0.4, 0.5) is 0 Å². The van der Waals surface area contributed by atoms with Gasteiger partial charge in [-0.15, -0.1) is 0 Å². The second kappa shape index (κ2) is 7.74. The van der Waals surface area contributed by atoms with Crippen LogP contribution in [0.15, 0.2) is 0 Å². The summed E-state index contributed by atoms with van der Waals surface area (Å²) in [5.74, 6) is -0.0771. The number of hydrogen-bond acceptors (Lipinski definition) is 4. The average molecular weight is 256 g/mol. The zero-order valence-corrected chi connectivity index (χ0v) is 12.2. The van der Waals surface area contributed by atoms with Crippen LogP contribution in [0.3, 0.4) is 0 Å². The molecule has 1 fully saturated rings. The number of nitrogens with zero attached hydrogens (tertiary/aromatic N) is 1. The first-order chi connectivity index (χ1) is 8.60. The summed E-state index contributed by atoms with van der Waals surface area (Å²) >= 11 is 0. The topological polar surface area (TPSA) is 41.6 Å². The molecule has 18 heavy (non-hydrogen) atoms. The Labute approximate surface area is 111 Å². The Kier molecular flexibility index (Phi) is 6.65. The molecule has 2 atom stereocenters. The van der Waals surface area contributed by atoms with E-state index in [-0.39, 0.29) is 12.0 Å². The fraction of sp³-hybridized carbons (Fsp3) is 0.929. The number of hydrogen-bond donors (Lipinski definition) is 1. The first-order valence-electron chi connectivity index (χ1n) is 7.25. The van der Waals surface area contributed by atoms with Crippen molar-refractivity contribution in [2.75, 3.05) is 19.7 Å². The number of nitrogens with one attached hydrogen (secondary N) is 1. The third kappa shape index (κ3) is 4.25. The predicted molar refractivity (Wildman–Crippen MR) is 73.6 cm³/mol. The van der Waals surface area contributed by atoms with Crippen molar-refractivity contribution in [2.24, 2.45) is 0 Å². The second-order valence-electron chi connectivity index (χ2n) is 5.26. The summed E-state index contributed by atoms with van der Waals surface area (Å²) < 4.78 is 5.19. The molecule has 1 saturated heterocycles. The molecule has 1 N–H and O–H groups in total. The lowest BCUT2D eigenvalue weighted by Gasteiger charge is -2.34. The molecular weight excluding hydrogens is 228 g/mol. The van der Waals surface area contributed by atoms with Crippen LogP contribution >= 0.6 is 0 Å². The van der Waals surface area contributed by atoms with Gasteiger partial charge in [-0.2, -0.15) is 0 Å². The van der Waals surface area contributed by atoms with E-state index in [0.29, 0.717) is 18.7 Å². The van der Waals surface area contributed by atoms with Crippen LogP contribution < -0.4 is 5.32 Å². The molecule has 1 aliphatic heterocycles. The van der Waals surface area contributed by atoms with E-state index in [0.717, 1.165) is 19.5 Å². The van der Waals surface area contributed by atoms with Crippen molar-refractivity contribution < 1.29 is 9.53 Å². The molecule has 0 bridgehead atoms.